The highest BCUT2D eigenvalue weighted by Crippen LogP contribution is 2.33. The summed E-state index contributed by atoms with van der Waals surface area (Å²) in [6, 6.07) is 7.53. The molecule has 1 aromatic heterocycles. The van der Waals surface area contributed by atoms with Crippen molar-refractivity contribution in [2.75, 3.05) is 26.8 Å². The molecule has 6 nitrogen and oxygen atoms in total. The first kappa shape index (κ1) is 16.7. The zero-order valence-electron chi connectivity index (χ0n) is 14.2. The van der Waals surface area contributed by atoms with Gasteiger partial charge in [-0.1, -0.05) is 12.1 Å². The first-order valence-electron chi connectivity index (χ1n) is 8.15. The zero-order chi connectivity index (χ0) is 17.1. The number of aromatic nitrogens is 2. The summed E-state index contributed by atoms with van der Waals surface area (Å²) in [6.45, 7) is 3.58. The average molecular weight is 328 g/mol. The Kier molecular flexibility index (Phi) is 4.97. The molecule has 1 amide bonds. The number of amides is 1. The molecule has 0 saturated carbocycles. The van der Waals surface area contributed by atoms with Crippen molar-refractivity contribution in [1.29, 1.82) is 0 Å². The van der Waals surface area contributed by atoms with Crippen LogP contribution in [0.4, 0.5) is 0 Å². The normalized spacial score (nSPS) is 21.2. The van der Waals surface area contributed by atoms with Gasteiger partial charge in [0.2, 0.25) is 5.91 Å². The van der Waals surface area contributed by atoms with Crippen molar-refractivity contribution in [3.63, 3.8) is 0 Å². The summed E-state index contributed by atoms with van der Waals surface area (Å²) in [6.07, 6.45) is 4.05. The van der Waals surface area contributed by atoms with Crippen LogP contribution in [0.25, 0.3) is 0 Å². The van der Waals surface area contributed by atoms with Crippen molar-refractivity contribution in [2.24, 2.45) is 18.7 Å². The Balaban J connectivity index is 1.69. The number of aryl methyl sites for hydroxylation is 1. The molecule has 1 fully saturated rings. The van der Waals surface area contributed by atoms with Crippen LogP contribution in [-0.2, 0) is 18.3 Å². The summed E-state index contributed by atoms with van der Waals surface area (Å²) in [5.74, 6) is 0.507. The predicted octanol–water partition coefficient (Wildman–Crippen LogP) is 1.38. The first-order valence-corrected chi connectivity index (χ1v) is 8.15. The van der Waals surface area contributed by atoms with Crippen molar-refractivity contribution in [3.05, 3.63) is 53.3 Å². The highest BCUT2D eigenvalue weighted by Gasteiger charge is 2.34. The maximum atomic E-state index is 11.2. The Labute approximate surface area is 142 Å². The quantitative estimate of drug-likeness (QED) is 0.869. The molecule has 2 aromatic rings. The van der Waals surface area contributed by atoms with E-state index >= 15 is 0 Å². The minimum Gasteiger partial charge on any atom is -0.384 e. The lowest BCUT2D eigenvalue weighted by molar-refractivity contribution is 0.100. The Morgan fingerprint density at radius 2 is 2.08 bits per heavy atom. The van der Waals surface area contributed by atoms with Crippen LogP contribution in [0.5, 0.6) is 0 Å². The molecule has 128 valence electrons. The summed E-state index contributed by atoms with van der Waals surface area (Å²) in [5, 5.41) is 4.30. The van der Waals surface area contributed by atoms with E-state index in [-0.39, 0.29) is 5.91 Å². The third-order valence-electron chi connectivity index (χ3n) is 4.70. The number of rotatable bonds is 6. The van der Waals surface area contributed by atoms with E-state index in [2.05, 4.69) is 16.2 Å². The standard InChI is InChI=1S/C18H24N4O2/c1-21-9-15(7-20-21)17-11-22(10-16(17)12-24-2)8-13-3-5-14(6-4-13)18(19)23/h3-7,9,16-17H,8,10-12H2,1-2H3,(H2,19,23)/t16-,17-/m0/s1. The van der Waals surface area contributed by atoms with E-state index in [9.17, 15) is 4.79 Å². The van der Waals surface area contributed by atoms with Gasteiger partial charge in [0.15, 0.2) is 0 Å². The molecule has 1 saturated heterocycles. The lowest BCUT2D eigenvalue weighted by Gasteiger charge is -2.15. The zero-order valence-corrected chi connectivity index (χ0v) is 14.2. The van der Waals surface area contributed by atoms with Crippen LogP contribution in [0.3, 0.4) is 0 Å². The Morgan fingerprint density at radius 3 is 2.67 bits per heavy atom. The maximum absolute atomic E-state index is 11.2. The van der Waals surface area contributed by atoms with Gasteiger partial charge < -0.3 is 10.5 Å². The Hall–Kier alpha value is -2.18. The molecule has 0 spiro atoms. The molecule has 0 radical (unpaired) electrons. The molecule has 6 heteroatoms. The van der Waals surface area contributed by atoms with Crippen LogP contribution in [0, 0.1) is 5.92 Å². The monoisotopic (exact) mass is 328 g/mol. The second kappa shape index (κ2) is 7.15. The summed E-state index contributed by atoms with van der Waals surface area (Å²) in [7, 11) is 3.70. The van der Waals surface area contributed by atoms with E-state index in [1.807, 2.05) is 30.1 Å². The van der Waals surface area contributed by atoms with Crippen molar-refractivity contribution in [2.45, 2.75) is 12.5 Å². The highest BCUT2D eigenvalue weighted by molar-refractivity contribution is 5.92. The summed E-state index contributed by atoms with van der Waals surface area (Å²) in [5.41, 5.74) is 8.29. The van der Waals surface area contributed by atoms with E-state index in [0.717, 1.165) is 26.2 Å². The fraction of sp³-hybridized carbons (Fsp3) is 0.444. The van der Waals surface area contributed by atoms with Crippen molar-refractivity contribution < 1.29 is 9.53 Å². The highest BCUT2D eigenvalue weighted by atomic mass is 16.5. The van der Waals surface area contributed by atoms with Gasteiger partial charge in [-0.25, -0.2) is 0 Å². The van der Waals surface area contributed by atoms with Crippen LogP contribution < -0.4 is 5.73 Å². The topological polar surface area (TPSA) is 73.4 Å². The second-order valence-corrected chi connectivity index (χ2v) is 6.52. The van der Waals surface area contributed by atoms with Gasteiger partial charge in [0.05, 0.1) is 12.8 Å². The fourth-order valence-electron chi connectivity index (χ4n) is 3.51. The van der Waals surface area contributed by atoms with E-state index in [1.54, 1.807) is 19.2 Å². The van der Waals surface area contributed by atoms with Gasteiger partial charge in [0.25, 0.3) is 0 Å². The smallest absolute Gasteiger partial charge is 0.248 e. The molecule has 2 atom stereocenters. The first-order chi connectivity index (χ1) is 11.6. The fourth-order valence-corrected chi connectivity index (χ4v) is 3.51. The molecule has 2 heterocycles. The number of benzene rings is 1. The largest absolute Gasteiger partial charge is 0.384 e. The van der Waals surface area contributed by atoms with E-state index in [0.29, 0.717) is 17.4 Å². The molecular weight excluding hydrogens is 304 g/mol. The lowest BCUT2D eigenvalue weighted by atomic mass is 9.92. The molecule has 3 rings (SSSR count). The minimum atomic E-state index is -0.389. The SMILES string of the molecule is COC[C@@H]1CN(Cc2ccc(C(N)=O)cc2)C[C@H]1c1cnn(C)c1. The van der Waals surface area contributed by atoms with Crippen LogP contribution >= 0.6 is 0 Å². The van der Waals surface area contributed by atoms with Crippen LogP contribution in [0.1, 0.15) is 27.4 Å². The molecule has 0 aliphatic carbocycles. The molecule has 1 aliphatic rings. The number of hydrogen-bond donors (Lipinski definition) is 1. The minimum absolute atomic E-state index is 0.389. The van der Waals surface area contributed by atoms with Gasteiger partial charge >= 0.3 is 0 Å². The van der Waals surface area contributed by atoms with Crippen molar-refractivity contribution in [3.8, 4) is 0 Å². The second-order valence-electron chi connectivity index (χ2n) is 6.52. The number of hydrogen-bond acceptors (Lipinski definition) is 4. The molecule has 0 bridgehead atoms. The molecule has 24 heavy (non-hydrogen) atoms. The third-order valence-corrected chi connectivity index (χ3v) is 4.70. The number of ether oxygens (including phenoxy) is 1. The lowest BCUT2D eigenvalue weighted by Crippen LogP contribution is -2.21. The van der Waals surface area contributed by atoms with Gasteiger partial charge in [-0.2, -0.15) is 5.10 Å². The number of carbonyl (C=O) groups excluding carboxylic acids is 1. The van der Waals surface area contributed by atoms with Crippen molar-refractivity contribution >= 4 is 5.91 Å². The molecule has 1 aromatic carbocycles. The van der Waals surface area contributed by atoms with Crippen LogP contribution in [0.2, 0.25) is 0 Å². The number of primary amides is 1. The summed E-state index contributed by atoms with van der Waals surface area (Å²) >= 11 is 0. The van der Waals surface area contributed by atoms with Crippen molar-refractivity contribution in [1.82, 2.24) is 14.7 Å². The van der Waals surface area contributed by atoms with E-state index < -0.39 is 0 Å². The molecule has 1 aliphatic heterocycles. The molecule has 0 unspecified atom stereocenters. The summed E-state index contributed by atoms with van der Waals surface area (Å²) in [4.78, 5) is 13.6. The van der Waals surface area contributed by atoms with E-state index in [4.69, 9.17) is 10.5 Å². The number of nitrogens with zero attached hydrogens (tertiary/aromatic N) is 3. The average Bonchev–Trinajstić information content (AvgIpc) is 3.14. The molecular formula is C18H24N4O2. The number of nitrogens with two attached hydrogens (primary N) is 1. The van der Waals surface area contributed by atoms with E-state index in [1.165, 1.54) is 11.1 Å². The summed E-state index contributed by atoms with van der Waals surface area (Å²) < 4.78 is 7.27. The number of likely N-dealkylation sites (tertiary alicyclic amines) is 1. The van der Waals surface area contributed by atoms with Gasteiger partial charge in [0, 0.05) is 57.4 Å². The third kappa shape index (κ3) is 3.66. The molecule has 2 N–H and O–H groups in total. The Morgan fingerprint density at radius 1 is 1.33 bits per heavy atom. The Bertz CT molecular complexity index is 695. The van der Waals surface area contributed by atoms with Gasteiger partial charge in [-0.05, 0) is 23.3 Å². The predicted molar refractivity (Wildman–Crippen MR) is 91.6 cm³/mol. The van der Waals surface area contributed by atoms with Gasteiger partial charge in [-0.3, -0.25) is 14.4 Å². The van der Waals surface area contributed by atoms with Crippen LogP contribution in [0.15, 0.2) is 36.7 Å². The van der Waals surface area contributed by atoms with Gasteiger partial charge in [0.1, 0.15) is 0 Å². The maximum Gasteiger partial charge on any atom is 0.248 e. The number of carbonyl (C=O) groups is 1. The number of methoxy groups -OCH3 is 1. The van der Waals surface area contributed by atoms with Gasteiger partial charge in [-0.15, -0.1) is 0 Å². The van der Waals surface area contributed by atoms with Crippen LogP contribution in [-0.4, -0.2) is 47.4 Å².